The predicted octanol–water partition coefficient (Wildman–Crippen LogP) is 3.97. The lowest BCUT2D eigenvalue weighted by molar-refractivity contribution is -0.387. The first-order valence-corrected chi connectivity index (χ1v) is 6.41. The van der Waals surface area contributed by atoms with Gasteiger partial charge in [0.25, 0.3) is 0 Å². The van der Waals surface area contributed by atoms with Gasteiger partial charge in [0.15, 0.2) is 0 Å². The van der Waals surface area contributed by atoms with Crippen LogP contribution in [0.3, 0.4) is 0 Å². The largest absolute Gasteiger partial charge is 0.457 e. The molecule has 110 valence electrons. The van der Waals surface area contributed by atoms with E-state index in [0.717, 1.165) is 12.1 Å². The Bertz CT molecular complexity index is 660. The molecule has 5 nitrogen and oxygen atoms in total. The van der Waals surface area contributed by atoms with Gasteiger partial charge in [-0.15, -0.1) is 0 Å². The van der Waals surface area contributed by atoms with Crippen molar-refractivity contribution in [1.29, 1.82) is 0 Å². The highest BCUT2D eigenvalue weighted by Gasteiger charge is 2.16. The van der Waals surface area contributed by atoms with Crippen molar-refractivity contribution in [3.8, 4) is 11.5 Å². The maximum atomic E-state index is 13.6. The summed E-state index contributed by atoms with van der Waals surface area (Å²) in [5.74, 6) is -0.444. The topological polar surface area (TPSA) is 72.6 Å². The zero-order valence-corrected chi connectivity index (χ0v) is 11.3. The number of rotatable bonds is 5. The van der Waals surface area contributed by atoms with Gasteiger partial charge < -0.3 is 9.84 Å². The smallest absolute Gasteiger partial charge is 0.305 e. The number of hydrogen-bond donors (Lipinski definition) is 1. The van der Waals surface area contributed by atoms with E-state index in [9.17, 15) is 19.6 Å². The average molecular weight is 291 g/mol. The molecule has 0 saturated carbocycles. The summed E-state index contributed by atoms with van der Waals surface area (Å²) in [6.45, 7) is 1.83. The Hall–Kier alpha value is -2.47. The Morgan fingerprint density at radius 2 is 2.05 bits per heavy atom. The maximum absolute atomic E-state index is 13.6. The van der Waals surface area contributed by atoms with Crippen molar-refractivity contribution in [2.24, 2.45) is 0 Å². The molecule has 2 aromatic carbocycles. The molecule has 0 aliphatic heterocycles. The van der Waals surface area contributed by atoms with Crippen LogP contribution in [-0.4, -0.2) is 10.0 Å². The molecule has 0 spiro atoms. The minimum atomic E-state index is -0.967. The van der Waals surface area contributed by atoms with E-state index >= 15 is 0 Å². The van der Waals surface area contributed by atoms with E-state index in [-0.39, 0.29) is 5.75 Å². The summed E-state index contributed by atoms with van der Waals surface area (Å²) in [5.41, 5.74) is -0.0250. The van der Waals surface area contributed by atoms with Crippen LogP contribution in [0.2, 0.25) is 0 Å². The first kappa shape index (κ1) is 14.9. The molecule has 0 bridgehead atoms. The summed E-state index contributed by atoms with van der Waals surface area (Å²) in [5, 5.41) is 20.5. The third-order valence-corrected chi connectivity index (χ3v) is 3.01. The van der Waals surface area contributed by atoms with Crippen LogP contribution >= 0.6 is 0 Å². The van der Waals surface area contributed by atoms with Gasteiger partial charge in [-0.2, -0.15) is 4.39 Å². The van der Waals surface area contributed by atoms with E-state index in [0.29, 0.717) is 17.7 Å². The summed E-state index contributed by atoms with van der Waals surface area (Å²) >= 11 is 0. The van der Waals surface area contributed by atoms with E-state index < -0.39 is 22.5 Å². The lowest BCUT2D eigenvalue weighted by Crippen LogP contribution is -1.99. The fourth-order valence-electron chi connectivity index (χ4n) is 1.89. The normalized spacial score (nSPS) is 12.0. The first-order chi connectivity index (χ1) is 10.0. The molecule has 2 aromatic rings. The number of benzene rings is 2. The maximum Gasteiger partial charge on any atom is 0.305 e. The number of nitro groups is 1. The highest BCUT2D eigenvalue weighted by Crippen LogP contribution is 2.32. The Balaban J connectivity index is 2.31. The highest BCUT2D eigenvalue weighted by atomic mass is 19.1. The highest BCUT2D eigenvalue weighted by molar-refractivity contribution is 5.42. The van der Waals surface area contributed by atoms with Crippen LogP contribution in [0.25, 0.3) is 0 Å². The van der Waals surface area contributed by atoms with Crippen molar-refractivity contribution in [1.82, 2.24) is 0 Å². The molecule has 1 unspecified atom stereocenters. The third kappa shape index (κ3) is 3.35. The second-order valence-corrected chi connectivity index (χ2v) is 4.43. The van der Waals surface area contributed by atoms with Crippen LogP contribution in [0.15, 0.2) is 42.5 Å². The average Bonchev–Trinajstić information content (AvgIpc) is 2.46. The standard InChI is InChI=1S/C15H14FNO4/c1-2-14(18)11-5-3-4-6-15(11)21-10-7-8-13(17(19)20)12(16)9-10/h3-9,14,18H,2H2,1H3. The van der Waals surface area contributed by atoms with Crippen molar-refractivity contribution >= 4 is 5.69 Å². The van der Waals surface area contributed by atoms with Gasteiger partial charge in [-0.05, 0) is 18.6 Å². The van der Waals surface area contributed by atoms with E-state index in [2.05, 4.69) is 0 Å². The van der Waals surface area contributed by atoms with E-state index in [1.807, 2.05) is 6.92 Å². The zero-order chi connectivity index (χ0) is 15.4. The molecular weight excluding hydrogens is 277 g/mol. The van der Waals surface area contributed by atoms with Crippen LogP contribution in [-0.2, 0) is 0 Å². The van der Waals surface area contributed by atoms with Gasteiger partial charge in [0, 0.05) is 17.7 Å². The molecule has 6 heteroatoms. The van der Waals surface area contributed by atoms with Gasteiger partial charge >= 0.3 is 5.69 Å². The second-order valence-electron chi connectivity index (χ2n) is 4.43. The molecule has 1 N–H and O–H groups in total. The van der Waals surface area contributed by atoms with Gasteiger partial charge in [0.05, 0.1) is 11.0 Å². The molecule has 2 rings (SSSR count). The Morgan fingerprint density at radius 3 is 2.67 bits per heavy atom. The van der Waals surface area contributed by atoms with Crippen LogP contribution in [0.1, 0.15) is 25.0 Å². The lowest BCUT2D eigenvalue weighted by atomic mass is 10.1. The number of nitro benzene ring substituents is 1. The Labute approximate surface area is 120 Å². The molecule has 0 aliphatic rings. The quantitative estimate of drug-likeness (QED) is 0.668. The Morgan fingerprint density at radius 1 is 1.33 bits per heavy atom. The molecule has 0 fully saturated rings. The molecule has 0 aliphatic carbocycles. The monoisotopic (exact) mass is 291 g/mol. The van der Waals surface area contributed by atoms with Crippen molar-refractivity contribution in [2.75, 3.05) is 0 Å². The van der Waals surface area contributed by atoms with Crippen molar-refractivity contribution in [2.45, 2.75) is 19.4 Å². The van der Waals surface area contributed by atoms with Crippen molar-refractivity contribution < 1.29 is 19.2 Å². The first-order valence-electron chi connectivity index (χ1n) is 6.41. The fraction of sp³-hybridized carbons (Fsp3) is 0.200. The molecule has 0 saturated heterocycles. The summed E-state index contributed by atoms with van der Waals surface area (Å²) in [6.07, 6.45) is -0.182. The summed E-state index contributed by atoms with van der Waals surface area (Å²) in [6, 6.07) is 10.2. The number of aliphatic hydroxyl groups excluding tert-OH is 1. The van der Waals surface area contributed by atoms with Crippen LogP contribution in [0.4, 0.5) is 10.1 Å². The van der Waals surface area contributed by atoms with Crippen LogP contribution in [0.5, 0.6) is 11.5 Å². The molecule has 0 heterocycles. The van der Waals surface area contributed by atoms with Crippen molar-refractivity contribution in [3.05, 3.63) is 64.0 Å². The summed E-state index contributed by atoms with van der Waals surface area (Å²) in [7, 11) is 0. The number of nitrogens with zero attached hydrogens (tertiary/aromatic N) is 1. The minimum Gasteiger partial charge on any atom is -0.457 e. The molecule has 0 amide bonds. The molecule has 21 heavy (non-hydrogen) atoms. The van der Waals surface area contributed by atoms with Crippen LogP contribution in [0, 0.1) is 15.9 Å². The molecule has 0 radical (unpaired) electrons. The van der Waals surface area contributed by atoms with E-state index in [4.69, 9.17) is 4.74 Å². The number of ether oxygens (including phenoxy) is 1. The predicted molar refractivity (Wildman–Crippen MR) is 74.8 cm³/mol. The van der Waals surface area contributed by atoms with Gasteiger partial charge in [-0.25, -0.2) is 0 Å². The minimum absolute atomic E-state index is 0.133. The second kappa shape index (κ2) is 6.32. The van der Waals surface area contributed by atoms with Gasteiger partial charge in [-0.3, -0.25) is 10.1 Å². The summed E-state index contributed by atoms with van der Waals surface area (Å²) < 4.78 is 19.1. The van der Waals surface area contributed by atoms with Crippen molar-refractivity contribution in [3.63, 3.8) is 0 Å². The van der Waals surface area contributed by atoms with E-state index in [1.54, 1.807) is 24.3 Å². The molecule has 0 aromatic heterocycles. The molecule has 1 atom stereocenters. The van der Waals surface area contributed by atoms with Gasteiger partial charge in [-0.1, -0.05) is 25.1 Å². The number of aliphatic hydroxyl groups is 1. The van der Waals surface area contributed by atoms with Gasteiger partial charge in [0.2, 0.25) is 5.82 Å². The van der Waals surface area contributed by atoms with Crippen LogP contribution < -0.4 is 4.74 Å². The SMILES string of the molecule is CCC(O)c1ccccc1Oc1ccc([N+](=O)[O-])c(F)c1. The summed E-state index contributed by atoms with van der Waals surface area (Å²) in [4.78, 5) is 9.77. The zero-order valence-electron chi connectivity index (χ0n) is 11.3. The van der Waals surface area contributed by atoms with Gasteiger partial charge in [0.1, 0.15) is 11.5 Å². The third-order valence-electron chi connectivity index (χ3n) is 3.01. The number of halogens is 1. The number of hydrogen-bond acceptors (Lipinski definition) is 4. The lowest BCUT2D eigenvalue weighted by Gasteiger charge is -2.14. The number of para-hydroxylation sites is 1. The fourth-order valence-corrected chi connectivity index (χ4v) is 1.89. The molecular formula is C15H14FNO4. The Kier molecular flexibility index (Phi) is 4.49. The van der Waals surface area contributed by atoms with E-state index in [1.165, 1.54) is 6.07 Å².